The van der Waals surface area contributed by atoms with Crippen LogP contribution >= 0.6 is 0 Å². The zero-order valence-electron chi connectivity index (χ0n) is 13.3. The summed E-state index contributed by atoms with van der Waals surface area (Å²) in [6, 6.07) is 10.4. The molecule has 0 heterocycles. The Morgan fingerprint density at radius 1 is 1.05 bits per heavy atom. The molecule has 0 amide bonds. The molecule has 0 aliphatic rings. The van der Waals surface area contributed by atoms with Crippen molar-refractivity contribution in [3.8, 4) is 0 Å². The summed E-state index contributed by atoms with van der Waals surface area (Å²) in [5.41, 5.74) is 1.30. The molecule has 0 radical (unpaired) electrons. The van der Waals surface area contributed by atoms with E-state index in [1.54, 1.807) is 0 Å². The average Bonchev–Trinajstić information content (AvgIpc) is 2.42. The van der Waals surface area contributed by atoms with Gasteiger partial charge < -0.3 is 14.8 Å². The molecule has 0 spiro atoms. The fourth-order valence-corrected chi connectivity index (χ4v) is 1.84. The number of nitrogens with one attached hydrogen (secondary N) is 1. The van der Waals surface area contributed by atoms with Crippen LogP contribution in [-0.2, 0) is 9.47 Å². The van der Waals surface area contributed by atoms with Crippen LogP contribution in [0.4, 0.5) is 0 Å². The molecule has 3 heteroatoms. The van der Waals surface area contributed by atoms with Crippen LogP contribution < -0.4 is 5.32 Å². The second-order valence-corrected chi connectivity index (χ2v) is 6.01. The SMILES string of the molecule is CCCOCCOC(CNC(C)(C)C)c1ccccc1. The predicted molar refractivity (Wildman–Crippen MR) is 84.0 cm³/mol. The first kappa shape index (κ1) is 17.2. The fourth-order valence-electron chi connectivity index (χ4n) is 1.84. The number of benzene rings is 1. The van der Waals surface area contributed by atoms with E-state index in [1.807, 2.05) is 6.07 Å². The summed E-state index contributed by atoms with van der Waals surface area (Å²) < 4.78 is 11.5. The molecule has 114 valence electrons. The van der Waals surface area contributed by atoms with Crippen LogP contribution in [0.5, 0.6) is 0 Å². The van der Waals surface area contributed by atoms with Gasteiger partial charge in [-0.15, -0.1) is 0 Å². The molecule has 0 aliphatic heterocycles. The minimum Gasteiger partial charge on any atom is -0.379 e. The molecule has 0 bridgehead atoms. The number of hydrogen-bond donors (Lipinski definition) is 1. The first-order valence-corrected chi connectivity index (χ1v) is 7.52. The Balaban J connectivity index is 2.47. The van der Waals surface area contributed by atoms with Crippen LogP contribution in [0.1, 0.15) is 45.8 Å². The van der Waals surface area contributed by atoms with Gasteiger partial charge in [-0.1, -0.05) is 37.3 Å². The second kappa shape index (κ2) is 9.11. The molecule has 0 fully saturated rings. The predicted octanol–water partition coefficient (Wildman–Crippen LogP) is 3.56. The van der Waals surface area contributed by atoms with Crippen molar-refractivity contribution in [2.75, 3.05) is 26.4 Å². The summed E-state index contributed by atoms with van der Waals surface area (Å²) in [5, 5.41) is 3.51. The Kier molecular flexibility index (Phi) is 7.82. The topological polar surface area (TPSA) is 30.5 Å². The third kappa shape index (κ3) is 7.63. The standard InChI is InChI=1S/C17H29NO2/c1-5-11-19-12-13-20-16(14-18-17(2,3)4)15-9-7-6-8-10-15/h6-10,16,18H,5,11-14H2,1-4H3. The Morgan fingerprint density at radius 2 is 1.75 bits per heavy atom. The van der Waals surface area contributed by atoms with Gasteiger partial charge in [-0.3, -0.25) is 0 Å². The van der Waals surface area contributed by atoms with E-state index in [4.69, 9.17) is 9.47 Å². The molecule has 1 atom stereocenters. The van der Waals surface area contributed by atoms with E-state index in [0.717, 1.165) is 19.6 Å². The van der Waals surface area contributed by atoms with Crippen LogP contribution in [0.25, 0.3) is 0 Å². The lowest BCUT2D eigenvalue weighted by molar-refractivity contribution is 0.00208. The molecule has 0 aliphatic carbocycles. The Morgan fingerprint density at radius 3 is 2.35 bits per heavy atom. The maximum absolute atomic E-state index is 5.98. The van der Waals surface area contributed by atoms with Gasteiger partial charge in [0.25, 0.3) is 0 Å². The van der Waals surface area contributed by atoms with Crippen LogP contribution in [0.15, 0.2) is 30.3 Å². The number of ether oxygens (including phenoxy) is 2. The van der Waals surface area contributed by atoms with E-state index in [-0.39, 0.29) is 11.6 Å². The van der Waals surface area contributed by atoms with Gasteiger partial charge in [0.1, 0.15) is 0 Å². The minimum atomic E-state index is 0.0700. The molecule has 1 aromatic carbocycles. The van der Waals surface area contributed by atoms with Crippen molar-refractivity contribution in [3.05, 3.63) is 35.9 Å². The number of rotatable bonds is 9. The zero-order chi connectivity index (χ0) is 14.8. The third-order valence-electron chi connectivity index (χ3n) is 2.88. The van der Waals surface area contributed by atoms with E-state index in [0.29, 0.717) is 13.2 Å². The summed E-state index contributed by atoms with van der Waals surface area (Å²) in [6.45, 7) is 11.5. The van der Waals surface area contributed by atoms with Crippen molar-refractivity contribution in [2.45, 2.75) is 45.8 Å². The highest BCUT2D eigenvalue weighted by Gasteiger charge is 2.16. The van der Waals surface area contributed by atoms with Crippen LogP contribution in [-0.4, -0.2) is 31.9 Å². The fraction of sp³-hybridized carbons (Fsp3) is 0.647. The molecule has 0 aromatic heterocycles. The van der Waals surface area contributed by atoms with Gasteiger partial charge in [-0.05, 0) is 32.8 Å². The lowest BCUT2D eigenvalue weighted by atomic mass is 10.1. The van der Waals surface area contributed by atoms with Gasteiger partial charge in [0.15, 0.2) is 0 Å². The smallest absolute Gasteiger partial charge is 0.0950 e. The summed E-state index contributed by atoms with van der Waals surface area (Å²) in [4.78, 5) is 0. The molecule has 1 N–H and O–H groups in total. The molecular weight excluding hydrogens is 250 g/mol. The quantitative estimate of drug-likeness (QED) is 0.701. The van der Waals surface area contributed by atoms with E-state index >= 15 is 0 Å². The molecule has 1 rings (SSSR count). The lowest BCUT2D eigenvalue weighted by Crippen LogP contribution is -2.39. The van der Waals surface area contributed by atoms with Crippen molar-refractivity contribution in [2.24, 2.45) is 0 Å². The first-order valence-electron chi connectivity index (χ1n) is 7.52. The van der Waals surface area contributed by atoms with E-state index < -0.39 is 0 Å². The van der Waals surface area contributed by atoms with E-state index in [2.05, 4.69) is 57.3 Å². The zero-order valence-corrected chi connectivity index (χ0v) is 13.3. The van der Waals surface area contributed by atoms with Gasteiger partial charge in [-0.25, -0.2) is 0 Å². The highest BCUT2D eigenvalue weighted by molar-refractivity contribution is 5.18. The molecule has 1 aromatic rings. The van der Waals surface area contributed by atoms with Crippen molar-refractivity contribution >= 4 is 0 Å². The highest BCUT2D eigenvalue weighted by Crippen LogP contribution is 2.17. The van der Waals surface area contributed by atoms with Gasteiger partial charge in [0, 0.05) is 18.7 Å². The van der Waals surface area contributed by atoms with Gasteiger partial charge >= 0.3 is 0 Å². The second-order valence-electron chi connectivity index (χ2n) is 6.01. The molecule has 0 saturated heterocycles. The molecule has 20 heavy (non-hydrogen) atoms. The third-order valence-corrected chi connectivity index (χ3v) is 2.88. The summed E-state index contributed by atoms with van der Waals surface area (Å²) in [7, 11) is 0. The Bertz CT molecular complexity index is 346. The normalized spacial score (nSPS) is 13.4. The molecule has 3 nitrogen and oxygen atoms in total. The van der Waals surface area contributed by atoms with Gasteiger partial charge in [0.05, 0.1) is 19.3 Å². The van der Waals surface area contributed by atoms with Crippen LogP contribution in [0.2, 0.25) is 0 Å². The summed E-state index contributed by atoms with van der Waals surface area (Å²) in [5.74, 6) is 0. The lowest BCUT2D eigenvalue weighted by Gasteiger charge is -2.26. The van der Waals surface area contributed by atoms with E-state index in [1.165, 1.54) is 5.56 Å². The molecule has 0 saturated carbocycles. The van der Waals surface area contributed by atoms with Crippen molar-refractivity contribution < 1.29 is 9.47 Å². The Hall–Kier alpha value is -0.900. The Labute approximate surface area is 123 Å². The largest absolute Gasteiger partial charge is 0.379 e. The van der Waals surface area contributed by atoms with E-state index in [9.17, 15) is 0 Å². The molecular formula is C17H29NO2. The first-order chi connectivity index (χ1) is 9.53. The average molecular weight is 279 g/mol. The molecule has 1 unspecified atom stereocenters. The van der Waals surface area contributed by atoms with Crippen molar-refractivity contribution in [1.29, 1.82) is 0 Å². The number of hydrogen-bond acceptors (Lipinski definition) is 3. The minimum absolute atomic E-state index is 0.0700. The summed E-state index contributed by atoms with van der Waals surface area (Å²) in [6.07, 6.45) is 1.12. The summed E-state index contributed by atoms with van der Waals surface area (Å²) >= 11 is 0. The van der Waals surface area contributed by atoms with Crippen LogP contribution in [0.3, 0.4) is 0 Å². The van der Waals surface area contributed by atoms with Crippen molar-refractivity contribution in [1.82, 2.24) is 5.32 Å². The maximum Gasteiger partial charge on any atom is 0.0950 e. The maximum atomic E-state index is 5.98. The highest BCUT2D eigenvalue weighted by atomic mass is 16.5. The van der Waals surface area contributed by atoms with Crippen molar-refractivity contribution in [3.63, 3.8) is 0 Å². The van der Waals surface area contributed by atoms with Gasteiger partial charge in [0.2, 0.25) is 0 Å². The monoisotopic (exact) mass is 279 g/mol. The van der Waals surface area contributed by atoms with Gasteiger partial charge in [-0.2, -0.15) is 0 Å². The van der Waals surface area contributed by atoms with Crippen LogP contribution in [0, 0.1) is 0 Å².